The Morgan fingerprint density at radius 3 is 2.53 bits per heavy atom. The summed E-state index contributed by atoms with van der Waals surface area (Å²) in [6, 6.07) is 19.2. The van der Waals surface area contributed by atoms with E-state index in [1.54, 1.807) is 12.1 Å². The molecule has 0 bridgehead atoms. The summed E-state index contributed by atoms with van der Waals surface area (Å²) in [7, 11) is 0.220. The molecule has 1 unspecified atom stereocenters. The van der Waals surface area contributed by atoms with Crippen molar-refractivity contribution in [2.24, 2.45) is 5.73 Å². The van der Waals surface area contributed by atoms with Gasteiger partial charge in [-0.1, -0.05) is 49.4 Å². The number of nitrogens with two attached hydrogens (primary N) is 1. The van der Waals surface area contributed by atoms with Crippen molar-refractivity contribution >= 4 is 48.4 Å². The quantitative estimate of drug-likeness (QED) is 0.255. The van der Waals surface area contributed by atoms with E-state index in [-0.39, 0.29) is 5.92 Å². The molecule has 5 rings (SSSR count). The summed E-state index contributed by atoms with van der Waals surface area (Å²) in [6.45, 7) is 3.65. The fourth-order valence-corrected chi connectivity index (χ4v) is 6.42. The van der Waals surface area contributed by atoms with E-state index in [0.717, 1.165) is 45.1 Å². The molecular weight excluding hydrogens is 496 g/mol. The number of nitrogens with zero attached hydrogens (tertiary/aromatic N) is 4. The van der Waals surface area contributed by atoms with Gasteiger partial charge in [-0.05, 0) is 37.6 Å². The van der Waals surface area contributed by atoms with Gasteiger partial charge in [0, 0.05) is 54.9 Å². The number of fused-ring (bicyclic) bond motifs is 4. The van der Waals surface area contributed by atoms with Gasteiger partial charge in [-0.15, -0.1) is 0 Å². The third kappa shape index (κ3) is 4.84. The van der Waals surface area contributed by atoms with E-state index in [1.165, 1.54) is 0 Å². The van der Waals surface area contributed by atoms with E-state index >= 15 is 0 Å². The monoisotopic (exact) mass is 530 g/mol. The number of hydrogen-bond acceptors (Lipinski definition) is 6. The summed E-state index contributed by atoms with van der Waals surface area (Å²) >= 11 is 0. The van der Waals surface area contributed by atoms with Crippen LogP contribution in [0.25, 0.3) is 32.7 Å². The number of benzene rings is 3. The molecule has 5 aromatic rings. The molecular formula is C29H34N6O2S. The fourth-order valence-electron chi connectivity index (χ4n) is 5.13. The topological polar surface area (TPSA) is 106 Å². The van der Waals surface area contributed by atoms with Crippen LogP contribution in [0.2, 0.25) is 0 Å². The second-order valence-corrected chi connectivity index (χ2v) is 11.6. The number of nitrogens with one attached hydrogen (secondary N) is 1. The van der Waals surface area contributed by atoms with Crippen molar-refractivity contribution in [1.82, 2.24) is 19.3 Å². The second-order valence-electron chi connectivity index (χ2n) is 9.90. The Hall–Kier alpha value is -3.53. The lowest BCUT2D eigenvalue weighted by atomic mass is 10.0. The minimum absolute atomic E-state index is 0.191. The number of aryl methyl sites for hydroxylation is 1. The normalized spacial score (nSPS) is 12.9. The zero-order valence-corrected chi connectivity index (χ0v) is 22.9. The van der Waals surface area contributed by atoms with Crippen LogP contribution in [0, 0.1) is 0 Å². The number of pyridine rings is 1. The lowest BCUT2D eigenvalue weighted by Crippen LogP contribution is -2.25. The van der Waals surface area contributed by atoms with Gasteiger partial charge in [0.1, 0.15) is 5.52 Å². The Bertz CT molecular complexity index is 1710. The molecule has 0 saturated carbocycles. The molecule has 3 N–H and O–H groups in total. The molecule has 0 fully saturated rings. The van der Waals surface area contributed by atoms with Crippen molar-refractivity contribution in [3.05, 3.63) is 72.7 Å². The number of aromatic nitrogens is 3. The number of rotatable bonds is 10. The first kappa shape index (κ1) is 26.1. The van der Waals surface area contributed by atoms with Crippen LogP contribution in [0.4, 0.5) is 5.69 Å². The first-order valence-electron chi connectivity index (χ1n) is 12.9. The van der Waals surface area contributed by atoms with Crippen molar-refractivity contribution < 1.29 is 8.42 Å². The van der Waals surface area contributed by atoms with Crippen LogP contribution in [-0.2, 0) is 16.6 Å². The Morgan fingerprint density at radius 1 is 1.00 bits per heavy atom. The first-order valence-corrected chi connectivity index (χ1v) is 14.4. The molecule has 0 radical (unpaired) electrons. The molecule has 0 spiro atoms. The van der Waals surface area contributed by atoms with Gasteiger partial charge in [0.25, 0.3) is 0 Å². The molecule has 2 aromatic heterocycles. The van der Waals surface area contributed by atoms with Gasteiger partial charge < -0.3 is 15.2 Å². The largest absolute Gasteiger partial charge is 0.377 e. The van der Waals surface area contributed by atoms with Gasteiger partial charge in [-0.3, -0.25) is 4.98 Å². The van der Waals surface area contributed by atoms with E-state index in [1.807, 2.05) is 67.8 Å². The number of anilines is 1. The van der Waals surface area contributed by atoms with Crippen molar-refractivity contribution in [2.75, 3.05) is 32.1 Å². The average Bonchev–Trinajstić information content (AvgIpc) is 3.34. The number of hydrogen-bond donors (Lipinski definition) is 2. The minimum Gasteiger partial charge on any atom is -0.377 e. The predicted octanol–water partition coefficient (Wildman–Crippen LogP) is 4.62. The molecule has 0 saturated heterocycles. The van der Waals surface area contributed by atoms with E-state index in [2.05, 4.69) is 22.3 Å². The Morgan fingerprint density at radius 2 is 1.74 bits per heavy atom. The summed E-state index contributed by atoms with van der Waals surface area (Å²) in [5, 5.41) is 2.66. The lowest BCUT2D eigenvalue weighted by Gasteiger charge is -2.17. The molecule has 0 aliphatic carbocycles. The highest BCUT2D eigenvalue weighted by Crippen LogP contribution is 2.32. The molecule has 38 heavy (non-hydrogen) atoms. The smallest absolute Gasteiger partial charge is 0.241 e. The second kappa shape index (κ2) is 10.7. The van der Waals surface area contributed by atoms with Crippen LogP contribution in [0.3, 0.4) is 0 Å². The Labute approximate surface area is 223 Å². The molecule has 3 aromatic carbocycles. The maximum atomic E-state index is 13.3. The maximum Gasteiger partial charge on any atom is 0.241 e. The minimum atomic E-state index is -3.69. The summed E-state index contributed by atoms with van der Waals surface area (Å²) in [5.41, 5.74) is 10.6. The van der Waals surface area contributed by atoms with Crippen LogP contribution in [0.15, 0.2) is 71.9 Å². The van der Waals surface area contributed by atoms with Gasteiger partial charge >= 0.3 is 0 Å². The van der Waals surface area contributed by atoms with Crippen LogP contribution >= 0.6 is 0 Å². The first-order chi connectivity index (χ1) is 18.3. The van der Waals surface area contributed by atoms with Gasteiger partial charge in [0.15, 0.2) is 0 Å². The molecule has 0 aliphatic rings. The van der Waals surface area contributed by atoms with Gasteiger partial charge in [0.05, 0.1) is 28.0 Å². The fraction of sp³-hybridized carbons (Fsp3) is 0.310. The number of imidazole rings is 1. The molecule has 8 nitrogen and oxygen atoms in total. The summed E-state index contributed by atoms with van der Waals surface area (Å²) < 4.78 is 31.5. The summed E-state index contributed by atoms with van der Waals surface area (Å²) in [4.78, 5) is 11.9. The highest BCUT2D eigenvalue weighted by atomic mass is 32.2. The van der Waals surface area contributed by atoms with Crippen molar-refractivity contribution in [1.29, 1.82) is 0 Å². The highest BCUT2D eigenvalue weighted by Gasteiger charge is 2.20. The van der Waals surface area contributed by atoms with Gasteiger partial charge in [-0.2, -0.15) is 0 Å². The number of sulfonamides is 1. The van der Waals surface area contributed by atoms with E-state index in [0.29, 0.717) is 36.3 Å². The average molecular weight is 531 g/mol. The zero-order chi connectivity index (χ0) is 26.9. The predicted molar refractivity (Wildman–Crippen MR) is 155 cm³/mol. The van der Waals surface area contributed by atoms with Crippen LogP contribution in [0.1, 0.15) is 31.4 Å². The highest BCUT2D eigenvalue weighted by molar-refractivity contribution is 7.89. The molecule has 198 valence electrons. The summed E-state index contributed by atoms with van der Waals surface area (Å²) in [5.74, 6) is 0.191. The SMILES string of the molecule is CC(CCN)c1nc2ccccc2c2c1ncn2CCCNS(=O)(=O)c1cccc2c(N(C)C)cccc12. The van der Waals surface area contributed by atoms with Crippen LogP contribution in [0.5, 0.6) is 0 Å². The van der Waals surface area contributed by atoms with Crippen molar-refractivity contribution in [3.63, 3.8) is 0 Å². The Balaban J connectivity index is 1.38. The van der Waals surface area contributed by atoms with Gasteiger partial charge in [0.2, 0.25) is 10.0 Å². The van der Waals surface area contributed by atoms with Crippen molar-refractivity contribution in [3.8, 4) is 0 Å². The van der Waals surface area contributed by atoms with Crippen LogP contribution in [-0.4, -0.2) is 50.1 Å². The summed E-state index contributed by atoms with van der Waals surface area (Å²) in [6.07, 6.45) is 3.28. The van der Waals surface area contributed by atoms with Crippen molar-refractivity contribution in [2.45, 2.75) is 37.1 Å². The molecule has 9 heteroatoms. The maximum absolute atomic E-state index is 13.3. The molecule has 1 atom stereocenters. The zero-order valence-electron chi connectivity index (χ0n) is 22.1. The van der Waals surface area contributed by atoms with Gasteiger partial charge in [-0.25, -0.2) is 18.1 Å². The van der Waals surface area contributed by atoms with E-state index in [9.17, 15) is 8.42 Å². The third-order valence-corrected chi connectivity index (χ3v) is 8.56. The lowest BCUT2D eigenvalue weighted by molar-refractivity contribution is 0.572. The third-order valence-electron chi connectivity index (χ3n) is 7.05. The van der Waals surface area contributed by atoms with E-state index < -0.39 is 10.0 Å². The molecule has 2 heterocycles. The van der Waals surface area contributed by atoms with Crippen LogP contribution < -0.4 is 15.4 Å². The standard InChI is InChI=1S/C29H34N6O2S/c1-20(15-16-30)27-28-29(23-9-4-5-12-24(23)33-27)35(19-31-28)18-8-17-32-38(36,37)26-14-7-10-21-22(26)11-6-13-25(21)34(2)3/h4-7,9-14,19-20,32H,8,15-18,30H2,1-3H3. The Kier molecular flexibility index (Phi) is 7.34. The number of para-hydroxylation sites is 1. The molecule has 0 aliphatic heterocycles. The molecule has 0 amide bonds. The van der Waals surface area contributed by atoms with E-state index in [4.69, 9.17) is 15.7 Å².